The summed E-state index contributed by atoms with van der Waals surface area (Å²) in [5.74, 6) is -0.597. The third-order valence-corrected chi connectivity index (χ3v) is 6.81. The molecule has 4 rings (SSSR count). The van der Waals surface area contributed by atoms with Crippen molar-refractivity contribution in [3.05, 3.63) is 59.7 Å². The van der Waals surface area contributed by atoms with Crippen LogP contribution in [0.3, 0.4) is 0 Å². The van der Waals surface area contributed by atoms with Crippen LogP contribution in [0.15, 0.2) is 48.5 Å². The molecule has 2 aromatic carbocycles. The number of carboxylic acids is 1. The standard InChI is InChI=1S/C27H32N2O5/c30-25(29-19-13-12-18(15-19)16-26(31)32)11-5-6-14-28-27(33)34-17-24-22-9-3-1-7-20(22)21-8-2-4-10-23(21)24/h1-4,7-10,18-19,24H,5-6,11-17H2,(H,28,33)(H,29,30)(H,31,32). The third kappa shape index (κ3) is 5.95. The molecule has 0 aliphatic heterocycles. The molecule has 0 bridgehead atoms. The van der Waals surface area contributed by atoms with Gasteiger partial charge in [-0.25, -0.2) is 4.79 Å². The molecule has 0 radical (unpaired) electrons. The Kier molecular flexibility index (Phi) is 7.83. The third-order valence-electron chi connectivity index (χ3n) is 6.81. The number of amides is 2. The van der Waals surface area contributed by atoms with Crippen LogP contribution < -0.4 is 10.6 Å². The molecule has 34 heavy (non-hydrogen) atoms. The fourth-order valence-electron chi connectivity index (χ4n) is 5.19. The van der Waals surface area contributed by atoms with Gasteiger partial charge in [0.1, 0.15) is 6.61 Å². The topological polar surface area (TPSA) is 105 Å². The molecule has 7 nitrogen and oxygen atoms in total. The number of unbranched alkanes of at least 4 members (excludes halogenated alkanes) is 1. The maximum absolute atomic E-state index is 12.2. The van der Waals surface area contributed by atoms with Crippen LogP contribution >= 0.6 is 0 Å². The van der Waals surface area contributed by atoms with Gasteiger partial charge in [-0.05, 0) is 60.3 Å². The monoisotopic (exact) mass is 464 g/mol. The second-order valence-electron chi connectivity index (χ2n) is 9.25. The molecule has 2 aliphatic rings. The lowest BCUT2D eigenvalue weighted by atomic mass is 9.98. The van der Waals surface area contributed by atoms with Crippen molar-refractivity contribution in [1.82, 2.24) is 10.6 Å². The number of aliphatic carboxylic acids is 1. The minimum Gasteiger partial charge on any atom is -0.481 e. The highest BCUT2D eigenvalue weighted by Crippen LogP contribution is 2.44. The molecule has 0 aromatic heterocycles. The number of rotatable bonds is 10. The summed E-state index contributed by atoms with van der Waals surface area (Å²) in [5, 5.41) is 14.7. The van der Waals surface area contributed by atoms with E-state index in [0.29, 0.717) is 25.8 Å². The van der Waals surface area contributed by atoms with Gasteiger partial charge in [0.05, 0.1) is 0 Å². The van der Waals surface area contributed by atoms with E-state index in [2.05, 4.69) is 34.9 Å². The van der Waals surface area contributed by atoms with Gasteiger partial charge in [0.2, 0.25) is 5.91 Å². The average molecular weight is 465 g/mol. The molecule has 2 amide bonds. The average Bonchev–Trinajstić information content (AvgIpc) is 3.38. The quantitative estimate of drug-likeness (QED) is 0.451. The van der Waals surface area contributed by atoms with Crippen molar-refractivity contribution in [2.45, 2.75) is 56.9 Å². The van der Waals surface area contributed by atoms with Crippen LogP contribution in [0.2, 0.25) is 0 Å². The van der Waals surface area contributed by atoms with Crippen molar-refractivity contribution >= 4 is 18.0 Å². The summed E-state index contributed by atoms with van der Waals surface area (Å²) in [5.41, 5.74) is 4.75. The maximum Gasteiger partial charge on any atom is 0.407 e. The van der Waals surface area contributed by atoms with E-state index in [1.165, 1.54) is 22.3 Å². The van der Waals surface area contributed by atoms with Crippen molar-refractivity contribution in [1.29, 1.82) is 0 Å². The minimum atomic E-state index is -0.777. The summed E-state index contributed by atoms with van der Waals surface area (Å²) in [7, 11) is 0. The molecule has 0 spiro atoms. The number of hydrogen-bond acceptors (Lipinski definition) is 4. The van der Waals surface area contributed by atoms with Crippen molar-refractivity contribution in [2.24, 2.45) is 5.92 Å². The largest absolute Gasteiger partial charge is 0.481 e. The highest BCUT2D eigenvalue weighted by Gasteiger charge is 2.29. The highest BCUT2D eigenvalue weighted by molar-refractivity contribution is 5.79. The molecule has 1 fully saturated rings. The van der Waals surface area contributed by atoms with E-state index in [4.69, 9.17) is 9.84 Å². The number of benzene rings is 2. The lowest BCUT2D eigenvalue weighted by molar-refractivity contribution is -0.138. The Labute approximate surface area is 199 Å². The number of carbonyl (C=O) groups is 3. The Bertz CT molecular complexity index is 992. The Morgan fingerprint density at radius 2 is 1.62 bits per heavy atom. The number of alkyl carbamates (subject to hydrolysis) is 1. The van der Waals surface area contributed by atoms with Gasteiger partial charge in [-0.15, -0.1) is 0 Å². The zero-order chi connectivity index (χ0) is 23.9. The van der Waals surface area contributed by atoms with Gasteiger partial charge in [-0.2, -0.15) is 0 Å². The molecular weight excluding hydrogens is 432 g/mol. The van der Waals surface area contributed by atoms with Crippen molar-refractivity contribution in [3.63, 3.8) is 0 Å². The van der Waals surface area contributed by atoms with Gasteiger partial charge in [-0.1, -0.05) is 48.5 Å². The first-order valence-electron chi connectivity index (χ1n) is 12.1. The van der Waals surface area contributed by atoms with Gasteiger partial charge in [0.25, 0.3) is 0 Å². The van der Waals surface area contributed by atoms with E-state index in [9.17, 15) is 14.4 Å². The zero-order valence-electron chi connectivity index (χ0n) is 19.3. The molecule has 7 heteroatoms. The Balaban J connectivity index is 1.12. The van der Waals surface area contributed by atoms with Crippen LogP contribution in [0.4, 0.5) is 4.79 Å². The second-order valence-corrected chi connectivity index (χ2v) is 9.25. The molecule has 180 valence electrons. The van der Waals surface area contributed by atoms with Crippen molar-refractivity contribution < 1.29 is 24.2 Å². The second kappa shape index (κ2) is 11.2. The van der Waals surface area contributed by atoms with E-state index < -0.39 is 12.1 Å². The number of carbonyl (C=O) groups excluding carboxylic acids is 2. The lowest BCUT2D eigenvalue weighted by Gasteiger charge is -2.15. The minimum absolute atomic E-state index is 0.0119. The molecular formula is C27H32N2O5. The molecule has 0 saturated heterocycles. The molecule has 2 aromatic rings. The van der Waals surface area contributed by atoms with Crippen molar-refractivity contribution in [3.8, 4) is 11.1 Å². The first-order chi connectivity index (χ1) is 16.5. The molecule has 2 aliphatic carbocycles. The van der Waals surface area contributed by atoms with Gasteiger partial charge in [0, 0.05) is 31.3 Å². The van der Waals surface area contributed by atoms with Crippen LogP contribution in [-0.2, 0) is 14.3 Å². The van der Waals surface area contributed by atoms with Gasteiger partial charge < -0.3 is 20.5 Å². The van der Waals surface area contributed by atoms with E-state index in [1.807, 2.05) is 24.3 Å². The predicted octanol–water partition coefficient (Wildman–Crippen LogP) is 4.46. The van der Waals surface area contributed by atoms with Gasteiger partial charge in [0.15, 0.2) is 0 Å². The summed E-state index contributed by atoms with van der Waals surface area (Å²) in [4.78, 5) is 35.2. The van der Waals surface area contributed by atoms with Crippen molar-refractivity contribution in [2.75, 3.05) is 13.2 Å². The van der Waals surface area contributed by atoms with Crippen LogP contribution in [0.1, 0.15) is 62.0 Å². The summed E-state index contributed by atoms with van der Waals surface area (Å²) >= 11 is 0. The normalized spacial score (nSPS) is 18.7. The number of fused-ring (bicyclic) bond motifs is 3. The number of carboxylic acid groups (broad SMARTS) is 1. The number of nitrogens with one attached hydrogen (secondary N) is 2. The van der Waals surface area contributed by atoms with Crippen LogP contribution in [0.5, 0.6) is 0 Å². The summed E-state index contributed by atoms with van der Waals surface area (Å²) in [6.45, 7) is 0.737. The van der Waals surface area contributed by atoms with Crippen LogP contribution in [0.25, 0.3) is 11.1 Å². The number of ether oxygens (including phenoxy) is 1. The first-order valence-corrected chi connectivity index (χ1v) is 12.1. The Morgan fingerprint density at radius 1 is 0.941 bits per heavy atom. The molecule has 2 unspecified atom stereocenters. The van der Waals surface area contributed by atoms with Crippen LogP contribution in [-0.4, -0.2) is 42.3 Å². The van der Waals surface area contributed by atoms with E-state index in [-0.39, 0.29) is 36.8 Å². The molecule has 3 N–H and O–H groups in total. The van der Waals surface area contributed by atoms with E-state index >= 15 is 0 Å². The number of hydrogen-bond donors (Lipinski definition) is 3. The SMILES string of the molecule is O=C(O)CC1CCC(NC(=O)CCCCNC(=O)OCC2c3ccccc3-c3ccccc32)C1. The molecule has 0 heterocycles. The Hall–Kier alpha value is -3.35. The Morgan fingerprint density at radius 3 is 2.29 bits per heavy atom. The predicted molar refractivity (Wildman–Crippen MR) is 128 cm³/mol. The first kappa shape index (κ1) is 23.8. The van der Waals surface area contributed by atoms with E-state index in [1.54, 1.807) is 0 Å². The zero-order valence-corrected chi connectivity index (χ0v) is 19.3. The van der Waals surface area contributed by atoms with Gasteiger partial charge in [-0.3, -0.25) is 9.59 Å². The fraction of sp³-hybridized carbons (Fsp3) is 0.444. The lowest BCUT2D eigenvalue weighted by Crippen LogP contribution is -2.33. The molecule has 2 atom stereocenters. The smallest absolute Gasteiger partial charge is 0.407 e. The van der Waals surface area contributed by atoms with E-state index in [0.717, 1.165) is 19.3 Å². The molecule has 1 saturated carbocycles. The maximum atomic E-state index is 12.2. The highest BCUT2D eigenvalue weighted by atomic mass is 16.5. The summed E-state index contributed by atoms with van der Waals surface area (Å²) in [6.07, 6.45) is 3.91. The fourth-order valence-corrected chi connectivity index (χ4v) is 5.19. The van der Waals surface area contributed by atoms with Gasteiger partial charge >= 0.3 is 12.1 Å². The summed E-state index contributed by atoms with van der Waals surface area (Å²) < 4.78 is 5.52. The summed E-state index contributed by atoms with van der Waals surface area (Å²) in [6, 6.07) is 16.5. The van der Waals surface area contributed by atoms with Crippen LogP contribution in [0, 0.1) is 5.92 Å².